The Bertz CT molecular complexity index is 11.5. The number of rotatable bonds is 0. The molecule has 0 fully saturated rings. The fourth-order valence-electron chi connectivity index (χ4n) is 0. The molecule has 0 saturated carbocycles. The molecule has 0 heterocycles. The van der Waals surface area contributed by atoms with Crippen LogP contribution in [0.25, 0.3) is 0 Å². The third-order valence-corrected chi connectivity index (χ3v) is 0. The molecule has 0 rings (SSSR count). The molecule has 0 atom stereocenters. The van der Waals surface area contributed by atoms with Gasteiger partial charge in [-0.05, 0) is 0 Å². The van der Waals surface area contributed by atoms with Crippen molar-refractivity contribution in [1.82, 2.24) is 0 Å². The summed E-state index contributed by atoms with van der Waals surface area (Å²) in [7, 11) is 0. The number of halogens is 1. The Hall–Kier alpha value is 0.170. The van der Waals surface area contributed by atoms with E-state index >= 15 is 0 Å². The summed E-state index contributed by atoms with van der Waals surface area (Å²) in [5, 5.41) is 15.7. The van der Waals surface area contributed by atoms with Gasteiger partial charge in [-0.2, -0.15) is 0 Å². The van der Waals surface area contributed by atoms with Crippen LogP contribution < -0.4 is 11.0 Å². The van der Waals surface area contributed by atoms with Gasteiger partial charge in [-0.25, -0.2) is 11.1 Å². The third-order valence-electron chi connectivity index (χ3n) is 0. The van der Waals surface area contributed by atoms with Crippen LogP contribution in [0.2, 0.25) is 0 Å². The third kappa shape index (κ3) is 1450. The first-order chi connectivity index (χ1) is 2.41. The first-order valence-corrected chi connectivity index (χ1v) is 1.31. The van der Waals surface area contributed by atoms with Gasteiger partial charge in [-0.15, -0.1) is 19.0 Å². The molecule has 0 aliphatic rings. The van der Waals surface area contributed by atoms with E-state index in [1.807, 2.05) is 0 Å². The lowest BCUT2D eigenvalue weighted by Crippen LogP contribution is -2.42. The highest BCUT2D eigenvalue weighted by Crippen LogP contribution is 1.18. The van der Waals surface area contributed by atoms with Gasteiger partial charge in [0.1, 0.15) is 0 Å². The summed E-state index contributed by atoms with van der Waals surface area (Å²) in [5.74, 6) is 2.25. The van der Waals surface area contributed by atoms with E-state index < -0.39 is 0 Å². The average molecular weight is 116 g/mol. The smallest absolute Gasteiger partial charge is 0.0809 e. The summed E-state index contributed by atoms with van der Waals surface area (Å²) in [4.78, 5) is 0. The standard InChI is InChI=1S/C2H5O.ClH.H4NO/c1-2-3;;1-2/h2H2,1H3;1H;2H,1H3/q-1;;+1. The van der Waals surface area contributed by atoms with E-state index in [0.29, 0.717) is 0 Å². The maximum atomic E-state index is 8.93. The van der Waals surface area contributed by atoms with E-state index in [4.69, 9.17) is 10.3 Å². The van der Waals surface area contributed by atoms with Crippen LogP contribution in [-0.4, -0.2) is 11.8 Å². The second-order valence-electron chi connectivity index (χ2n) is 0.289. The van der Waals surface area contributed by atoms with Crippen LogP contribution in [0.1, 0.15) is 6.92 Å². The molecule has 0 amide bonds. The monoisotopic (exact) mass is 115 g/mol. The van der Waals surface area contributed by atoms with Crippen molar-refractivity contribution in [3.63, 3.8) is 0 Å². The molecule has 0 aromatic carbocycles. The summed E-state index contributed by atoms with van der Waals surface area (Å²) in [6, 6.07) is 0. The quantitative estimate of drug-likeness (QED) is 0.374. The van der Waals surface area contributed by atoms with Gasteiger partial charge in [0, 0.05) is 0 Å². The Morgan fingerprint density at radius 3 is 1.67 bits per heavy atom. The lowest BCUT2D eigenvalue weighted by Gasteiger charge is -1.79. The van der Waals surface area contributed by atoms with Crippen LogP contribution in [0.3, 0.4) is 0 Å². The van der Waals surface area contributed by atoms with Gasteiger partial charge in [-0.3, -0.25) is 0 Å². The molecule has 6 heavy (non-hydrogen) atoms. The molecular weight excluding hydrogens is 105 g/mol. The first kappa shape index (κ1) is 16.4. The maximum Gasteiger partial charge on any atom is -0.0809 e. The van der Waals surface area contributed by atoms with Crippen molar-refractivity contribution in [1.29, 1.82) is 0 Å². The lowest BCUT2D eigenvalue weighted by atomic mass is 10.9. The van der Waals surface area contributed by atoms with E-state index in [9.17, 15) is 0 Å². The van der Waals surface area contributed by atoms with Crippen molar-refractivity contribution in [3.8, 4) is 0 Å². The van der Waals surface area contributed by atoms with Gasteiger partial charge in [0.05, 0.1) is 0 Å². The molecular formula is C2H10ClNO2. The van der Waals surface area contributed by atoms with Crippen molar-refractivity contribution in [3.05, 3.63) is 0 Å². The largest absolute Gasteiger partial charge is 0.855 e. The Balaban J connectivity index is -0.0000000275. The first-order valence-electron chi connectivity index (χ1n) is 1.31. The Morgan fingerprint density at radius 1 is 1.67 bits per heavy atom. The zero-order valence-corrected chi connectivity index (χ0v) is 4.49. The van der Waals surface area contributed by atoms with Crippen LogP contribution in [0.4, 0.5) is 0 Å². The molecule has 3 nitrogen and oxygen atoms in total. The van der Waals surface area contributed by atoms with Gasteiger partial charge in [0.15, 0.2) is 0 Å². The highest BCUT2D eigenvalue weighted by molar-refractivity contribution is 5.85. The molecule has 0 radical (unpaired) electrons. The van der Waals surface area contributed by atoms with Crippen molar-refractivity contribution < 1.29 is 16.2 Å². The SMILES string of the molecule is CC[O-].Cl.[NH3+]O. The zero-order valence-electron chi connectivity index (χ0n) is 3.68. The van der Waals surface area contributed by atoms with Gasteiger partial charge < -0.3 is 5.11 Å². The van der Waals surface area contributed by atoms with Crippen LogP contribution in [-0.2, 0) is 0 Å². The van der Waals surface area contributed by atoms with Gasteiger partial charge in [0.2, 0.25) is 0 Å². The predicted molar refractivity (Wildman–Crippen MR) is 22.5 cm³/mol. The lowest BCUT2D eigenvalue weighted by molar-refractivity contribution is -0.670. The molecule has 4 heteroatoms. The summed E-state index contributed by atoms with van der Waals surface area (Å²) >= 11 is 0. The number of hydrogen-bond acceptors (Lipinski definition) is 2. The molecule has 0 aromatic heterocycles. The Kier molecular flexibility index (Phi) is 180. The molecule has 0 aliphatic carbocycles. The number of quaternary nitrogens is 1. The minimum absolute atomic E-state index is 0. The van der Waals surface area contributed by atoms with Crippen LogP contribution in [0, 0.1) is 0 Å². The van der Waals surface area contributed by atoms with Gasteiger partial charge in [0.25, 0.3) is 0 Å². The van der Waals surface area contributed by atoms with Crippen LogP contribution in [0.15, 0.2) is 0 Å². The molecule has 0 spiro atoms. The van der Waals surface area contributed by atoms with Crippen molar-refractivity contribution >= 4 is 12.4 Å². The van der Waals surface area contributed by atoms with E-state index in [1.165, 1.54) is 0 Å². The topological polar surface area (TPSA) is 70.9 Å². The molecule has 4 N–H and O–H groups in total. The highest BCUT2D eigenvalue weighted by Gasteiger charge is 1.16. The number of hydrogen-bond donors (Lipinski definition) is 2. The second-order valence-corrected chi connectivity index (χ2v) is 0.289. The summed E-state index contributed by atoms with van der Waals surface area (Å²) < 4.78 is 0. The van der Waals surface area contributed by atoms with Crippen LogP contribution >= 0.6 is 12.4 Å². The van der Waals surface area contributed by atoms with Crippen molar-refractivity contribution in [2.24, 2.45) is 0 Å². The molecule has 0 bridgehead atoms. The maximum absolute atomic E-state index is 8.93. The second kappa shape index (κ2) is 65.7. The van der Waals surface area contributed by atoms with E-state index in [2.05, 4.69) is 5.90 Å². The summed E-state index contributed by atoms with van der Waals surface area (Å²) in [5.41, 5.74) is 0. The summed E-state index contributed by atoms with van der Waals surface area (Å²) in [6.45, 7) is 1.57. The normalized spacial score (nSPS) is 4.00. The van der Waals surface area contributed by atoms with E-state index in [0.717, 1.165) is 0 Å². The van der Waals surface area contributed by atoms with Crippen LogP contribution in [0.5, 0.6) is 0 Å². The van der Waals surface area contributed by atoms with Gasteiger partial charge >= 0.3 is 0 Å². The zero-order chi connectivity index (χ0) is 4.71. The fraction of sp³-hybridized carbons (Fsp3) is 1.00. The van der Waals surface area contributed by atoms with E-state index in [-0.39, 0.29) is 19.0 Å². The Labute approximate surface area is 43.1 Å². The van der Waals surface area contributed by atoms with E-state index in [1.54, 1.807) is 6.92 Å². The Morgan fingerprint density at radius 2 is 1.67 bits per heavy atom. The predicted octanol–water partition coefficient (Wildman–Crippen LogP) is -1.59. The van der Waals surface area contributed by atoms with Crippen molar-refractivity contribution in [2.75, 3.05) is 6.61 Å². The minimum atomic E-state index is 0. The van der Waals surface area contributed by atoms with Crippen molar-refractivity contribution in [2.45, 2.75) is 6.92 Å². The molecule has 0 aliphatic heterocycles. The fourth-order valence-corrected chi connectivity index (χ4v) is 0. The molecule has 42 valence electrons. The molecule has 0 saturated heterocycles. The molecule has 0 unspecified atom stereocenters. The van der Waals surface area contributed by atoms with Gasteiger partial charge in [-0.1, -0.05) is 6.92 Å². The highest BCUT2D eigenvalue weighted by atomic mass is 35.5. The minimum Gasteiger partial charge on any atom is -0.855 e. The summed E-state index contributed by atoms with van der Waals surface area (Å²) in [6.07, 6.45) is 0. The average Bonchev–Trinajstić information content (AvgIpc) is 1.46. The molecule has 0 aromatic rings.